The first-order chi connectivity index (χ1) is 12.5. The summed E-state index contributed by atoms with van der Waals surface area (Å²) in [5.41, 5.74) is 9.83. The lowest BCUT2D eigenvalue weighted by molar-refractivity contribution is -0.384. The Kier molecular flexibility index (Phi) is 4.75. The molecule has 3 rings (SSSR count). The van der Waals surface area contributed by atoms with Crippen LogP contribution in [0.2, 0.25) is 0 Å². The second kappa shape index (κ2) is 7.31. The van der Waals surface area contributed by atoms with E-state index in [1.54, 1.807) is 48.5 Å². The lowest BCUT2D eigenvalue weighted by Crippen LogP contribution is -2.10. The number of nitrogens with one attached hydrogen (secondary N) is 1. The summed E-state index contributed by atoms with van der Waals surface area (Å²) >= 11 is 0. The van der Waals surface area contributed by atoms with Crippen molar-refractivity contribution in [3.8, 4) is 11.3 Å². The zero-order chi connectivity index (χ0) is 18.5. The number of rotatable bonds is 6. The summed E-state index contributed by atoms with van der Waals surface area (Å²) < 4.78 is 5.66. The minimum Gasteiger partial charge on any atom is -0.455 e. The third-order valence-corrected chi connectivity index (χ3v) is 3.54. The van der Waals surface area contributed by atoms with Crippen LogP contribution in [0.25, 0.3) is 11.3 Å². The highest BCUT2D eigenvalue weighted by Gasteiger charge is 2.06. The van der Waals surface area contributed by atoms with Crippen LogP contribution in [0, 0.1) is 10.1 Å². The van der Waals surface area contributed by atoms with Crippen molar-refractivity contribution in [1.82, 2.24) is 0 Å². The number of non-ortho nitro benzene ring substituents is 1. The number of hydrazone groups is 1. The molecule has 0 aliphatic heterocycles. The fraction of sp³-hybridized carbons (Fsp3) is 0. The normalized spacial score (nSPS) is 10.8. The maximum Gasteiger partial charge on any atom is 0.269 e. The van der Waals surface area contributed by atoms with Crippen LogP contribution in [0.1, 0.15) is 16.1 Å². The van der Waals surface area contributed by atoms with E-state index in [1.165, 1.54) is 18.3 Å². The zero-order valence-corrected chi connectivity index (χ0v) is 13.5. The Balaban J connectivity index is 1.65. The van der Waals surface area contributed by atoms with E-state index in [0.717, 1.165) is 5.56 Å². The Morgan fingerprint density at radius 2 is 1.77 bits per heavy atom. The second-order valence-electron chi connectivity index (χ2n) is 5.32. The predicted molar refractivity (Wildman–Crippen MR) is 97.0 cm³/mol. The van der Waals surface area contributed by atoms with Gasteiger partial charge < -0.3 is 10.2 Å². The van der Waals surface area contributed by atoms with E-state index < -0.39 is 10.8 Å². The third kappa shape index (κ3) is 3.93. The van der Waals surface area contributed by atoms with Crippen LogP contribution in [0.15, 0.2) is 70.2 Å². The molecule has 8 heteroatoms. The van der Waals surface area contributed by atoms with E-state index in [9.17, 15) is 14.9 Å². The van der Waals surface area contributed by atoms with E-state index in [2.05, 4.69) is 10.5 Å². The minimum absolute atomic E-state index is 0.0116. The molecule has 2 aromatic carbocycles. The quantitative estimate of drug-likeness (QED) is 0.400. The van der Waals surface area contributed by atoms with Gasteiger partial charge in [0.25, 0.3) is 5.69 Å². The standard InChI is InChI=1S/C18H14N4O4/c19-18(23)13-3-1-12(2-4-13)17-10-9-16(26-17)11-20-21-14-5-7-15(8-6-14)22(24)25/h1-11,21H,(H2,19,23). The fourth-order valence-electron chi connectivity index (χ4n) is 2.20. The molecule has 0 saturated carbocycles. The molecule has 0 bridgehead atoms. The van der Waals surface area contributed by atoms with Gasteiger partial charge in [0.2, 0.25) is 5.91 Å². The van der Waals surface area contributed by atoms with Crippen molar-refractivity contribution < 1.29 is 14.1 Å². The molecule has 0 saturated heterocycles. The molecule has 3 N–H and O–H groups in total. The van der Waals surface area contributed by atoms with Crippen molar-refractivity contribution in [2.75, 3.05) is 5.43 Å². The first kappa shape index (κ1) is 16.9. The number of nitro benzene ring substituents is 1. The molecular weight excluding hydrogens is 336 g/mol. The summed E-state index contributed by atoms with van der Waals surface area (Å²) in [4.78, 5) is 21.2. The summed E-state index contributed by atoms with van der Waals surface area (Å²) in [6, 6.07) is 16.2. The molecule has 0 spiro atoms. The van der Waals surface area contributed by atoms with Crippen LogP contribution in [0.3, 0.4) is 0 Å². The van der Waals surface area contributed by atoms with Crippen molar-refractivity contribution in [3.05, 3.63) is 82.1 Å². The number of carbonyl (C=O) groups is 1. The number of hydrogen-bond donors (Lipinski definition) is 2. The van der Waals surface area contributed by atoms with Crippen LogP contribution in [0.4, 0.5) is 11.4 Å². The largest absolute Gasteiger partial charge is 0.455 e. The molecule has 1 heterocycles. The molecule has 8 nitrogen and oxygen atoms in total. The van der Waals surface area contributed by atoms with Crippen molar-refractivity contribution in [2.24, 2.45) is 10.8 Å². The van der Waals surface area contributed by atoms with E-state index in [1.807, 2.05) is 0 Å². The molecule has 0 radical (unpaired) electrons. The number of furan rings is 1. The summed E-state index contributed by atoms with van der Waals surface area (Å²) in [5, 5.41) is 14.6. The second-order valence-corrected chi connectivity index (χ2v) is 5.32. The molecule has 0 fully saturated rings. The maximum absolute atomic E-state index is 11.1. The molecule has 0 aliphatic rings. The topological polar surface area (TPSA) is 124 Å². The van der Waals surface area contributed by atoms with Crippen molar-refractivity contribution in [1.29, 1.82) is 0 Å². The molecule has 1 amide bonds. The number of hydrogen-bond acceptors (Lipinski definition) is 6. The molecule has 0 unspecified atom stereocenters. The highest BCUT2D eigenvalue weighted by Crippen LogP contribution is 2.22. The monoisotopic (exact) mass is 350 g/mol. The number of benzene rings is 2. The highest BCUT2D eigenvalue weighted by molar-refractivity contribution is 5.93. The van der Waals surface area contributed by atoms with Gasteiger partial charge in [-0.1, -0.05) is 12.1 Å². The van der Waals surface area contributed by atoms with Crippen molar-refractivity contribution in [3.63, 3.8) is 0 Å². The maximum atomic E-state index is 11.1. The molecule has 26 heavy (non-hydrogen) atoms. The Hall–Kier alpha value is -3.94. The third-order valence-electron chi connectivity index (χ3n) is 3.54. The van der Waals surface area contributed by atoms with Gasteiger partial charge in [-0.2, -0.15) is 5.10 Å². The Morgan fingerprint density at radius 3 is 2.38 bits per heavy atom. The van der Waals surface area contributed by atoms with Crippen LogP contribution in [-0.4, -0.2) is 17.0 Å². The minimum atomic E-state index is -0.485. The predicted octanol–water partition coefficient (Wildman–Crippen LogP) is 3.40. The number of carbonyl (C=O) groups excluding carboxylic acids is 1. The van der Waals surface area contributed by atoms with Gasteiger partial charge in [0.15, 0.2) is 0 Å². The van der Waals surface area contributed by atoms with Crippen LogP contribution >= 0.6 is 0 Å². The van der Waals surface area contributed by atoms with E-state index in [-0.39, 0.29) is 5.69 Å². The summed E-state index contributed by atoms with van der Waals surface area (Å²) in [6.07, 6.45) is 1.49. The number of primary amides is 1. The highest BCUT2D eigenvalue weighted by atomic mass is 16.6. The average molecular weight is 350 g/mol. The van der Waals surface area contributed by atoms with Gasteiger partial charge in [-0.05, 0) is 36.4 Å². The van der Waals surface area contributed by atoms with Crippen LogP contribution in [0.5, 0.6) is 0 Å². The molecule has 0 atom stereocenters. The van der Waals surface area contributed by atoms with Gasteiger partial charge >= 0.3 is 0 Å². The summed E-state index contributed by atoms with van der Waals surface area (Å²) in [7, 11) is 0. The van der Waals surface area contributed by atoms with Gasteiger partial charge in [0, 0.05) is 23.3 Å². The fourth-order valence-corrected chi connectivity index (χ4v) is 2.20. The smallest absolute Gasteiger partial charge is 0.269 e. The molecule has 130 valence electrons. The molecule has 1 aromatic heterocycles. The molecular formula is C18H14N4O4. The van der Waals surface area contributed by atoms with Gasteiger partial charge in [0.1, 0.15) is 11.5 Å². The number of anilines is 1. The van der Waals surface area contributed by atoms with E-state index in [0.29, 0.717) is 22.8 Å². The van der Waals surface area contributed by atoms with Gasteiger partial charge in [-0.15, -0.1) is 0 Å². The number of nitro groups is 1. The van der Waals surface area contributed by atoms with Crippen LogP contribution in [-0.2, 0) is 0 Å². The summed E-state index contributed by atoms with van der Waals surface area (Å²) in [6.45, 7) is 0. The number of amides is 1. The van der Waals surface area contributed by atoms with Gasteiger partial charge in [-0.25, -0.2) is 0 Å². The Labute approximate surface area is 148 Å². The van der Waals surface area contributed by atoms with E-state index in [4.69, 9.17) is 10.2 Å². The molecule has 0 aliphatic carbocycles. The lowest BCUT2D eigenvalue weighted by atomic mass is 10.1. The van der Waals surface area contributed by atoms with Crippen LogP contribution < -0.4 is 11.2 Å². The lowest BCUT2D eigenvalue weighted by Gasteiger charge is -1.99. The van der Waals surface area contributed by atoms with Crippen molar-refractivity contribution >= 4 is 23.5 Å². The first-order valence-corrected chi connectivity index (χ1v) is 7.56. The zero-order valence-electron chi connectivity index (χ0n) is 13.5. The Bertz CT molecular complexity index is 960. The average Bonchev–Trinajstić information content (AvgIpc) is 3.11. The summed E-state index contributed by atoms with van der Waals surface area (Å²) in [5.74, 6) is 0.660. The van der Waals surface area contributed by atoms with Gasteiger partial charge in [0.05, 0.1) is 16.8 Å². The van der Waals surface area contributed by atoms with E-state index >= 15 is 0 Å². The number of nitrogens with two attached hydrogens (primary N) is 1. The van der Waals surface area contributed by atoms with Gasteiger partial charge in [-0.3, -0.25) is 20.3 Å². The Morgan fingerprint density at radius 1 is 1.08 bits per heavy atom. The van der Waals surface area contributed by atoms with Crippen molar-refractivity contribution in [2.45, 2.75) is 0 Å². The molecule has 3 aromatic rings. The number of nitrogens with zero attached hydrogens (tertiary/aromatic N) is 2. The SMILES string of the molecule is NC(=O)c1ccc(-c2ccc(C=NNc3ccc([N+](=O)[O-])cc3)o2)cc1. The first-order valence-electron chi connectivity index (χ1n) is 7.56.